The molecule has 0 fully saturated rings. The molecule has 10 heteroatoms. The van der Waals surface area contributed by atoms with Crippen LogP contribution in [0, 0.1) is 0 Å². The van der Waals surface area contributed by atoms with Gasteiger partial charge >= 0.3 is 38.1 Å². The maximum absolute atomic E-state index is 11.4. The number of hydrogen-bond donors (Lipinski definition) is 4. The Morgan fingerprint density at radius 3 is 1.38 bits per heavy atom. The SMILES string of the molecule is O=C(O)C(F)C(=O)O.[Li+].[O-]B(O)O. The number of alkyl halides is 1. The smallest absolute Gasteiger partial charge is 0.832 e. The molecule has 0 spiro atoms. The van der Waals surface area contributed by atoms with Crippen LogP contribution in [0.25, 0.3) is 0 Å². The zero-order chi connectivity index (χ0) is 10.3. The second-order valence-electron chi connectivity index (χ2n) is 1.37. The summed E-state index contributed by atoms with van der Waals surface area (Å²) in [6.45, 7) is 0. The minimum atomic E-state index is -2.80. The minimum absolute atomic E-state index is 0. The van der Waals surface area contributed by atoms with Gasteiger partial charge in [0, 0.05) is 0 Å². The van der Waals surface area contributed by atoms with Gasteiger partial charge in [0.15, 0.2) is 0 Å². The summed E-state index contributed by atoms with van der Waals surface area (Å²) in [6.07, 6.45) is -2.80. The summed E-state index contributed by atoms with van der Waals surface area (Å²) in [5.74, 6) is -3.95. The molecule has 0 aliphatic heterocycles. The van der Waals surface area contributed by atoms with Crippen LogP contribution >= 0.6 is 0 Å². The molecule has 0 aromatic carbocycles. The predicted octanol–water partition coefficient (Wildman–Crippen LogP) is -6.19. The third kappa shape index (κ3) is 18.4. The number of carboxylic acid groups (broad SMARTS) is 2. The van der Waals surface area contributed by atoms with Crippen molar-refractivity contribution >= 4 is 19.3 Å². The monoisotopic (exact) mass is 190 g/mol. The van der Waals surface area contributed by atoms with Gasteiger partial charge in [0.25, 0.3) is 6.17 Å². The molecule has 0 aliphatic rings. The average Bonchev–Trinajstić information content (AvgIpc) is 1.84. The molecule has 0 saturated heterocycles. The Balaban J connectivity index is -0.000000173. The first-order valence-electron chi connectivity index (χ1n) is 2.40. The van der Waals surface area contributed by atoms with E-state index in [4.69, 9.17) is 25.3 Å². The number of hydrogen-bond acceptors (Lipinski definition) is 5. The summed E-state index contributed by atoms with van der Waals surface area (Å²) in [6, 6.07) is 0. The number of halogens is 1. The summed E-state index contributed by atoms with van der Waals surface area (Å²) < 4.78 is 11.4. The van der Waals surface area contributed by atoms with Crippen LogP contribution < -0.4 is 23.9 Å². The Morgan fingerprint density at radius 2 is 1.38 bits per heavy atom. The molecule has 0 bridgehead atoms. The van der Waals surface area contributed by atoms with Gasteiger partial charge in [-0.3, -0.25) is 0 Å². The molecule has 0 radical (unpaired) electrons. The van der Waals surface area contributed by atoms with E-state index in [1.807, 2.05) is 0 Å². The maximum Gasteiger partial charge on any atom is 1.00 e. The van der Waals surface area contributed by atoms with Crippen molar-refractivity contribution in [1.29, 1.82) is 0 Å². The first kappa shape index (κ1) is 18.2. The quantitative estimate of drug-likeness (QED) is 0.251. The first-order valence-corrected chi connectivity index (χ1v) is 2.40. The zero-order valence-corrected chi connectivity index (χ0v) is 6.55. The van der Waals surface area contributed by atoms with Gasteiger partial charge in [-0.05, 0) is 0 Å². The van der Waals surface area contributed by atoms with Crippen LogP contribution in [0.4, 0.5) is 4.39 Å². The van der Waals surface area contributed by atoms with E-state index in [2.05, 4.69) is 0 Å². The van der Waals surface area contributed by atoms with Gasteiger partial charge in [0.1, 0.15) is 0 Å². The van der Waals surface area contributed by atoms with Crippen LogP contribution in [0.1, 0.15) is 0 Å². The molecular formula is C3H5BFLiO7. The van der Waals surface area contributed by atoms with Crippen LogP contribution in [-0.2, 0) is 9.59 Å². The van der Waals surface area contributed by atoms with Crippen LogP contribution in [0.5, 0.6) is 0 Å². The Morgan fingerprint density at radius 1 is 1.23 bits per heavy atom. The van der Waals surface area contributed by atoms with Gasteiger partial charge in [0.2, 0.25) is 0 Å². The fraction of sp³-hybridized carbons (Fsp3) is 0.333. The number of rotatable bonds is 2. The molecule has 0 atom stereocenters. The van der Waals surface area contributed by atoms with Crippen LogP contribution in [0.2, 0.25) is 0 Å². The van der Waals surface area contributed by atoms with E-state index in [-0.39, 0.29) is 18.9 Å². The number of carboxylic acids is 2. The van der Waals surface area contributed by atoms with Crippen molar-refractivity contribution in [2.45, 2.75) is 6.17 Å². The van der Waals surface area contributed by atoms with Gasteiger partial charge in [-0.15, -0.1) is 0 Å². The predicted molar refractivity (Wildman–Crippen MR) is 30.4 cm³/mol. The van der Waals surface area contributed by atoms with Crippen molar-refractivity contribution < 1.29 is 58.1 Å². The molecule has 70 valence electrons. The standard InChI is InChI=1S/C3H3FO4.BH2O3.Li/c4-1(2(5)6)3(7)8;2-1(3)4;/h1H,(H,5,6)(H,7,8);2-3H;/q;-1;+1. The van der Waals surface area contributed by atoms with Crippen molar-refractivity contribution in [3.8, 4) is 0 Å². The number of aliphatic carboxylic acids is 2. The summed E-state index contributed by atoms with van der Waals surface area (Å²) in [7, 11) is -2.42. The molecule has 0 rings (SSSR count). The molecule has 4 N–H and O–H groups in total. The van der Waals surface area contributed by atoms with E-state index in [1.54, 1.807) is 0 Å². The molecule has 13 heavy (non-hydrogen) atoms. The average molecular weight is 190 g/mol. The molecule has 0 aromatic rings. The van der Waals surface area contributed by atoms with E-state index >= 15 is 0 Å². The van der Waals surface area contributed by atoms with Crippen molar-refractivity contribution in [2.75, 3.05) is 0 Å². The molecular weight excluding hydrogens is 185 g/mol. The fourth-order valence-corrected chi connectivity index (χ4v) is 0.106. The minimum Gasteiger partial charge on any atom is -0.832 e. The Hall–Kier alpha value is -0.588. The second kappa shape index (κ2) is 9.50. The molecule has 0 heterocycles. The summed E-state index contributed by atoms with van der Waals surface area (Å²) in [5, 5.41) is 37.9. The van der Waals surface area contributed by atoms with Gasteiger partial charge < -0.3 is 25.3 Å². The van der Waals surface area contributed by atoms with Crippen molar-refractivity contribution in [2.24, 2.45) is 0 Å². The van der Waals surface area contributed by atoms with Crippen molar-refractivity contribution in [3.05, 3.63) is 0 Å². The Bertz CT molecular complexity index is 147. The molecule has 0 unspecified atom stereocenters. The maximum atomic E-state index is 11.4. The normalized spacial score (nSPS) is 7.77. The molecule has 0 saturated carbocycles. The van der Waals surface area contributed by atoms with Gasteiger partial charge in [-0.25, -0.2) is 14.0 Å². The van der Waals surface area contributed by atoms with E-state index < -0.39 is 25.4 Å². The third-order valence-electron chi connectivity index (χ3n) is 0.434. The summed E-state index contributed by atoms with van der Waals surface area (Å²) >= 11 is 0. The summed E-state index contributed by atoms with van der Waals surface area (Å²) in [4.78, 5) is 18.8. The van der Waals surface area contributed by atoms with Gasteiger partial charge in [-0.2, -0.15) is 0 Å². The van der Waals surface area contributed by atoms with Crippen molar-refractivity contribution in [1.82, 2.24) is 0 Å². The molecule has 0 aromatic heterocycles. The molecule has 0 aliphatic carbocycles. The van der Waals surface area contributed by atoms with Crippen molar-refractivity contribution in [3.63, 3.8) is 0 Å². The molecule has 0 amide bonds. The Labute approximate surface area is 84.2 Å². The van der Waals surface area contributed by atoms with Gasteiger partial charge in [-0.1, -0.05) is 0 Å². The fourth-order valence-electron chi connectivity index (χ4n) is 0.106. The van der Waals surface area contributed by atoms with Gasteiger partial charge in [0.05, 0.1) is 0 Å². The molecule has 7 nitrogen and oxygen atoms in total. The number of carbonyl (C=O) groups is 2. The first-order chi connectivity index (χ1) is 5.29. The van der Waals surface area contributed by atoms with E-state index in [9.17, 15) is 14.0 Å². The van der Waals surface area contributed by atoms with Crippen LogP contribution in [0.3, 0.4) is 0 Å². The van der Waals surface area contributed by atoms with Crippen LogP contribution in [0.15, 0.2) is 0 Å². The van der Waals surface area contributed by atoms with E-state index in [1.165, 1.54) is 0 Å². The Kier molecular flexibility index (Phi) is 13.3. The topological polar surface area (TPSA) is 138 Å². The van der Waals surface area contributed by atoms with E-state index in [0.717, 1.165) is 0 Å². The zero-order valence-electron chi connectivity index (χ0n) is 6.55. The second-order valence-corrected chi connectivity index (χ2v) is 1.37. The van der Waals surface area contributed by atoms with E-state index in [0.29, 0.717) is 0 Å². The third-order valence-corrected chi connectivity index (χ3v) is 0.434. The summed E-state index contributed by atoms with van der Waals surface area (Å²) in [5.41, 5.74) is 0. The van der Waals surface area contributed by atoms with Crippen LogP contribution in [-0.4, -0.2) is 45.7 Å². The largest absolute Gasteiger partial charge is 1.00 e.